The van der Waals surface area contributed by atoms with E-state index in [-0.39, 0.29) is 18.2 Å². The van der Waals surface area contributed by atoms with Gasteiger partial charge in [0.05, 0.1) is 12.2 Å². The zero-order valence-corrected chi connectivity index (χ0v) is 13.9. The Labute approximate surface area is 148 Å². The minimum absolute atomic E-state index is 0.0901. The Hall–Kier alpha value is -2.50. The van der Waals surface area contributed by atoms with Crippen molar-refractivity contribution in [2.45, 2.75) is 6.54 Å². The van der Waals surface area contributed by atoms with E-state index in [0.717, 1.165) is 0 Å². The summed E-state index contributed by atoms with van der Waals surface area (Å²) in [6.45, 7) is 0.249. The van der Waals surface area contributed by atoms with Gasteiger partial charge in [-0.15, -0.1) is 0 Å². The van der Waals surface area contributed by atoms with Crippen LogP contribution >= 0.6 is 23.2 Å². The van der Waals surface area contributed by atoms with Crippen LogP contribution in [-0.2, 0) is 11.3 Å². The monoisotopic (exact) mass is 361 g/mol. The third-order valence-electron chi connectivity index (χ3n) is 3.33. The quantitative estimate of drug-likeness (QED) is 0.696. The number of fused-ring (bicyclic) bond motifs is 1. The number of imidazole rings is 1. The summed E-state index contributed by atoms with van der Waals surface area (Å²) >= 11 is 11.9. The molecule has 0 atom stereocenters. The minimum Gasteiger partial charge on any atom is -0.504 e. The van der Waals surface area contributed by atoms with Crippen molar-refractivity contribution < 1.29 is 9.90 Å². The standard InChI is InChI=1S/C17H13Cl2N3O2/c18-12-5-3-11(14(19)8-12)4-6-16(24)20-9-13-10-22-7-1-2-15(23)17(22)21-13/h1-8,10,23H,9H2,(H,20,24)/b6-4+. The van der Waals surface area contributed by atoms with Crippen LogP contribution in [0.5, 0.6) is 5.75 Å². The molecular formula is C17H13Cl2N3O2. The molecule has 3 rings (SSSR count). The van der Waals surface area contributed by atoms with Crippen LogP contribution < -0.4 is 5.32 Å². The lowest BCUT2D eigenvalue weighted by Crippen LogP contribution is -2.20. The number of hydrogen-bond donors (Lipinski definition) is 2. The molecule has 5 nitrogen and oxygen atoms in total. The van der Waals surface area contributed by atoms with Crippen LogP contribution in [0.2, 0.25) is 10.0 Å². The summed E-state index contributed by atoms with van der Waals surface area (Å²) in [5.74, 6) is -0.186. The van der Waals surface area contributed by atoms with E-state index < -0.39 is 0 Å². The number of hydrogen-bond acceptors (Lipinski definition) is 3. The van der Waals surface area contributed by atoms with Crippen molar-refractivity contribution in [3.8, 4) is 5.75 Å². The minimum atomic E-state index is -0.276. The Morgan fingerprint density at radius 1 is 1.33 bits per heavy atom. The normalized spacial score (nSPS) is 11.2. The maximum atomic E-state index is 11.9. The van der Waals surface area contributed by atoms with Crippen LogP contribution in [0.25, 0.3) is 11.7 Å². The number of aromatic hydroxyl groups is 1. The second-order valence-electron chi connectivity index (χ2n) is 5.07. The maximum absolute atomic E-state index is 11.9. The van der Waals surface area contributed by atoms with E-state index in [4.69, 9.17) is 23.2 Å². The third-order valence-corrected chi connectivity index (χ3v) is 3.89. The predicted molar refractivity (Wildman–Crippen MR) is 94.2 cm³/mol. The molecule has 122 valence electrons. The number of nitrogens with one attached hydrogen (secondary N) is 1. The van der Waals surface area contributed by atoms with Gasteiger partial charge in [0.2, 0.25) is 5.91 Å². The molecule has 1 amide bonds. The Balaban J connectivity index is 1.64. The van der Waals surface area contributed by atoms with Gasteiger partial charge in [0, 0.05) is 28.5 Å². The molecule has 2 aromatic heterocycles. The highest BCUT2D eigenvalue weighted by atomic mass is 35.5. The van der Waals surface area contributed by atoms with Gasteiger partial charge < -0.3 is 14.8 Å². The van der Waals surface area contributed by atoms with Crippen molar-refractivity contribution in [1.82, 2.24) is 14.7 Å². The van der Waals surface area contributed by atoms with Crippen molar-refractivity contribution in [3.05, 3.63) is 70.1 Å². The lowest BCUT2D eigenvalue weighted by molar-refractivity contribution is -0.116. The SMILES string of the molecule is O=C(/C=C/c1ccc(Cl)cc1Cl)NCc1cn2cccc(O)c2n1. The fraction of sp³-hybridized carbons (Fsp3) is 0.0588. The second kappa shape index (κ2) is 6.95. The van der Waals surface area contributed by atoms with Crippen molar-refractivity contribution in [1.29, 1.82) is 0 Å². The maximum Gasteiger partial charge on any atom is 0.244 e. The number of benzene rings is 1. The molecule has 24 heavy (non-hydrogen) atoms. The lowest BCUT2D eigenvalue weighted by atomic mass is 10.2. The molecule has 2 N–H and O–H groups in total. The number of nitrogens with zero attached hydrogens (tertiary/aromatic N) is 2. The Morgan fingerprint density at radius 3 is 2.92 bits per heavy atom. The Morgan fingerprint density at radius 2 is 2.17 bits per heavy atom. The van der Waals surface area contributed by atoms with Gasteiger partial charge in [-0.3, -0.25) is 4.79 Å². The third kappa shape index (κ3) is 3.69. The summed E-state index contributed by atoms with van der Waals surface area (Å²) in [7, 11) is 0. The second-order valence-corrected chi connectivity index (χ2v) is 5.92. The number of amides is 1. The fourth-order valence-corrected chi connectivity index (χ4v) is 2.64. The molecule has 1 aromatic carbocycles. The van der Waals surface area contributed by atoms with Gasteiger partial charge in [0.1, 0.15) is 0 Å². The zero-order chi connectivity index (χ0) is 17.1. The van der Waals surface area contributed by atoms with E-state index in [9.17, 15) is 9.90 Å². The summed E-state index contributed by atoms with van der Waals surface area (Å²) in [6, 6.07) is 8.32. The molecule has 0 spiro atoms. The molecule has 0 unspecified atom stereocenters. The van der Waals surface area contributed by atoms with E-state index in [1.165, 1.54) is 6.08 Å². The Kier molecular flexibility index (Phi) is 4.74. The van der Waals surface area contributed by atoms with Gasteiger partial charge in [-0.1, -0.05) is 29.3 Å². The molecule has 0 fully saturated rings. The van der Waals surface area contributed by atoms with E-state index in [1.54, 1.807) is 53.2 Å². The summed E-state index contributed by atoms with van der Waals surface area (Å²) in [5, 5.41) is 13.5. The molecule has 0 saturated heterocycles. The zero-order valence-electron chi connectivity index (χ0n) is 12.4. The predicted octanol–water partition coefficient (Wildman–Crippen LogP) is 3.68. The highest BCUT2D eigenvalue weighted by Gasteiger charge is 2.06. The van der Waals surface area contributed by atoms with Crippen LogP contribution in [0.1, 0.15) is 11.3 Å². The van der Waals surface area contributed by atoms with Gasteiger partial charge in [-0.05, 0) is 35.9 Å². The number of pyridine rings is 1. The van der Waals surface area contributed by atoms with Gasteiger partial charge >= 0.3 is 0 Å². The first-order chi connectivity index (χ1) is 11.5. The van der Waals surface area contributed by atoms with E-state index in [1.807, 2.05) is 0 Å². The summed E-state index contributed by atoms with van der Waals surface area (Å²) in [6.07, 6.45) is 6.52. The smallest absolute Gasteiger partial charge is 0.244 e. The first-order valence-corrected chi connectivity index (χ1v) is 7.85. The van der Waals surface area contributed by atoms with Crippen molar-refractivity contribution in [2.24, 2.45) is 0 Å². The molecule has 0 saturated carbocycles. The van der Waals surface area contributed by atoms with Crippen LogP contribution in [0, 0.1) is 0 Å². The average Bonchev–Trinajstić information content (AvgIpc) is 2.97. The molecule has 0 aliphatic rings. The number of carbonyl (C=O) groups is 1. The van der Waals surface area contributed by atoms with Crippen LogP contribution in [0.15, 0.2) is 48.8 Å². The average molecular weight is 362 g/mol. The molecular weight excluding hydrogens is 349 g/mol. The van der Waals surface area contributed by atoms with Gasteiger partial charge in [0.25, 0.3) is 0 Å². The van der Waals surface area contributed by atoms with Crippen LogP contribution in [-0.4, -0.2) is 20.4 Å². The van der Waals surface area contributed by atoms with E-state index in [2.05, 4.69) is 10.3 Å². The first-order valence-electron chi connectivity index (χ1n) is 7.09. The molecule has 2 heterocycles. The topological polar surface area (TPSA) is 66.6 Å². The molecule has 3 aromatic rings. The van der Waals surface area contributed by atoms with Gasteiger partial charge in [0.15, 0.2) is 11.4 Å². The van der Waals surface area contributed by atoms with Crippen molar-refractivity contribution in [2.75, 3.05) is 0 Å². The molecule has 0 radical (unpaired) electrons. The van der Waals surface area contributed by atoms with Crippen molar-refractivity contribution >= 4 is 40.8 Å². The highest BCUT2D eigenvalue weighted by molar-refractivity contribution is 6.35. The number of carbonyl (C=O) groups excluding carboxylic acids is 1. The summed E-state index contributed by atoms with van der Waals surface area (Å²) in [4.78, 5) is 16.2. The molecule has 0 aliphatic carbocycles. The highest BCUT2D eigenvalue weighted by Crippen LogP contribution is 2.22. The molecule has 7 heteroatoms. The largest absolute Gasteiger partial charge is 0.504 e. The number of halogens is 2. The molecule has 0 aliphatic heterocycles. The van der Waals surface area contributed by atoms with Crippen LogP contribution in [0.4, 0.5) is 0 Å². The van der Waals surface area contributed by atoms with Gasteiger partial charge in [-0.25, -0.2) is 4.98 Å². The fourth-order valence-electron chi connectivity index (χ4n) is 2.17. The molecule has 0 bridgehead atoms. The number of aromatic nitrogens is 2. The number of rotatable bonds is 4. The van der Waals surface area contributed by atoms with E-state index in [0.29, 0.717) is 26.9 Å². The van der Waals surface area contributed by atoms with E-state index >= 15 is 0 Å². The lowest BCUT2D eigenvalue weighted by Gasteiger charge is -2.00. The summed E-state index contributed by atoms with van der Waals surface area (Å²) in [5.41, 5.74) is 1.79. The van der Waals surface area contributed by atoms with Crippen molar-refractivity contribution in [3.63, 3.8) is 0 Å². The van der Waals surface area contributed by atoms with Crippen LogP contribution in [0.3, 0.4) is 0 Å². The Bertz CT molecular complexity index is 935. The van der Waals surface area contributed by atoms with Gasteiger partial charge in [-0.2, -0.15) is 0 Å². The summed E-state index contributed by atoms with van der Waals surface area (Å²) < 4.78 is 1.69. The first kappa shape index (κ1) is 16.4.